The van der Waals surface area contributed by atoms with Gasteiger partial charge in [0.05, 0.1) is 23.5 Å². The number of nitrogens with one attached hydrogen (secondary N) is 2. The molecular weight excluding hydrogens is 440 g/mol. The number of sulfonamides is 1. The Balaban J connectivity index is 1.50. The van der Waals surface area contributed by atoms with Crippen LogP contribution in [0.2, 0.25) is 0 Å². The van der Waals surface area contributed by atoms with E-state index in [-0.39, 0.29) is 4.90 Å². The molecule has 31 heavy (non-hydrogen) atoms. The summed E-state index contributed by atoms with van der Waals surface area (Å²) in [7, 11) is -3.62. The highest BCUT2D eigenvalue weighted by atomic mass is 32.2. The molecule has 1 aliphatic rings. The fraction of sp³-hybridized carbons (Fsp3) is 0.350. The Morgan fingerprint density at radius 3 is 2.52 bits per heavy atom. The van der Waals surface area contributed by atoms with Crippen LogP contribution in [-0.4, -0.2) is 61.2 Å². The molecule has 166 valence electrons. The maximum atomic E-state index is 12.6. The summed E-state index contributed by atoms with van der Waals surface area (Å²) in [6.07, 6.45) is 1.28. The zero-order valence-electron chi connectivity index (χ0n) is 17.0. The summed E-state index contributed by atoms with van der Waals surface area (Å²) in [6.45, 7) is 3.30. The molecule has 1 fully saturated rings. The number of urea groups is 1. The van der Waals surface area contributed by atoms with E-state index in [2.05, 4.69) is 15.6 Å². The molecule has 1 aliphatic heterocycles. The average molecular weight is 465 g/mol. The molecule has 0 spiro atoms. The number of nitrogens with zero attached hydrogens (tertiary/aromatic N) is 2. The predicted octanol–water partition coefficient (Wildman–Crippen LogP) is 1.61. The number of thioether (sulfide) groups is 1. The van der Waals surface area contributed by atoms with Gasteiger partial charge in [0, 0.05) is 25.8 Å². The van der Waals surface area contributed by atoms with E-state index in [0.29, 0.717) is 37.9 Å². The summed E-state index contributed by atoms with van der Waals surface area (Å²) in [4.78, 5) is 28.5. The van der Waals surface area contributed by atoms with Crippen molar-refractivity contribution in [2.24, 2.45) is 0 Å². The van der Waals surface area contributed by atoms with E-state index in [9.17, 15) is 18.0 Å². The summed E-state index contributed by atoms with van der Waals surface area (Å²) in [5.41, 5.74) is 0.920. The van der Waals surface area contributed by atoms with E-state index < -0.39 is 27.2 Å². The van der Waals surface area contributed by atoms with Crippen LogP contribution in [0.3, 0.4) is 0 Å². The molecule has 2 heterocycles. The fourth-order valence-corrected chi connectivity index (χ4v) is 4.94. The maximum absolute atomic E-state index is 12.6. The smallest absolute Gasteiger partial charge is 0.321 e. The number of carbonyl (C=O) groups excluding carboxylic acids is 2. The van der Waals surface area contributed by atoms with Gasteiger partial charge in [-0.05, 0) is 24.6 Å². The van der Waals surface area contributed by atoms with Gasteiger partial charge in [-0.2, -0.15) is 4.31 Å². The van der Waals surface area contributed by atoms with Gasteiger partial charge in [-0.3, -0.25) is 10.1 Å². The number of rotatable bonds is 7. The van der Waals surface area contributed by atoms with Crippen LogP contribution in [0.4, 0.5) is 4.79 Å². The molecule has 1 saturated heterocycles. The Morgan fingerprint density at radius 1 is 1.16 bits per heavy atom. The first kappa shape index (κ1) is 23.2. The third kappa shape index (κ3) is 6.50. The first-order chi connectivity index (χ1) is 14.9. The monoisotopic (exact) mass is 464 g/mol. The third-order valence-electron chi connectivity index (χ3n) is 4.52. The normalized spacial score (nSPS) is 15.8. The van der Waals surface area contributed by atoms with E-state index in [1.54, 1.807) is 13.0 Å². The van der Waals surface area contributed by atoms with Crippen molar-refractivity contribution in [1.82, 2.24) is 19.9 Å². The van der Waals surface area contributed by atoms with Crippen molar-refractivity contribution in [3.8, 4) is 0 Å². The Kier molecular flexibility index (Phi) is 8.02. The van der Waals surface area contributed by atoms with Gasteiger partial charge in [0.2, 0.25) is 15.9 Å². The van der Waals surface area contributed by atoms with E-state index >= 15 is 0 Å². The molecule has 3 rings (SSSR count). The quantitative estimate of drug-likeness (QED) is 0.598. The molecule has 2 aromatic rings. The van der Waals surface area contributed by atoms with Crippen LogP contribution >= 0.6 is 11.8 Å². The SMILES string of the molecule is CC(Sc1ccc(S(=O)(=O)N2CCOCC2)cn1)C(=O)NC(=O)NCc1ccccc1. The molecule has 0 saturated carbocycles. The van der Waals surface area contributed by atoms with Crippen molar-refractivity contribution in [1.29, 1.82) is 0 Å². The summed E-state index contributed by atoms with van der Waals surface area (Å²) >= 11 is 1.13. The second kappa shape index (κ2) is 10.7. The molecule has 1 atom stereocenters. The minimum Gasteiger partial charge on any atom is -0.379 e. The summed E-state index contributed by atoms with van der Waals surface area (Å²) < 4.78 is 31.8. The molecule has 1 aromatic heterocycles. The lowest BCUT2D eigenvalue weighted by Crippen LogP contribution is -2.42. The number of carbonyl (C=O) groups is 2. The summed E-state index contributed by atoms with van der Waals surface area (Å²) in [6, 6.07) is 11.8. The Morgan fingerprint density at radius 2 is 1.87 bits per heavy atom. The minimum absolute atomic E-state index is 0.0937. The number of pyridine rings is 1. The van der Waals surface area contributed by atoms with Crippen LogP contribution in [0.1, 0.15) is 12.5 Å². The maximum Gasteiger partial charge on any atom is 0.321 e. The van der Waals surface area contributed by atoms with Crippen LogP contribution in [0.25, 0.3) is 0 Å². The number of hydrogen-bond acceptors (Lipinski definition) is 7. The number of amides is 3. The number of benzene rings is 1. The van der Waals surface area contributed by atoms with Gasteiger partial charge < -0.3 is 10.1 Å². The molecular formula is C20H24N4O5S2. The van der Waals surface area contributed by atoms with Crippen LogP contribution < -0.4 is 10.6 Å². The molecule has 1 aromatic carbocycles. The first-order valence-corrected chi connectivity index (χ1v) is 12.0. The second-order valence-electron chi connectivity index (χ2n) is 6.77. The van der Waals surface area contributed by atoms with Crippen molar-refractivity contribution in [2.75, 3.05) is 26.3 Å². The number of imide groups is 1. The van der Waals surface area contributed by atoms with E-state index in [1.165, 1.54) is 16.6 Å². The molecule has 0 radical (unpaired) electrons. The van der Waals surface area contributed by atoms with Crippen molar-refractivity contribution >= 4 is 33.7 Å². The molecule has 0 aliphatic carbocycles. The highest BCUT2D eigenvalue weighted by Gasteiger charge is 2.27. The Hall–Kier alpha value is -2.47. The van der Waals surface area contributed by atoms with Gasteiger partial charge in [0.15, 0.2) is 0 Å². The van der Waals surface area contributed by atoms with Crippen molar-refractivity contribution < 1.29 is 22.7 Å². The molecule has 2 N–H and O–H groups in total. The predicted molar refractivity (Wildman–Crippen MR) is 116 cm³/mol. The van der Waals surface area contributed by atoms with Gasteiger partial charge in [-0.25, -0.2) is 18.2 Å². The molecule has 0 bridgehead atoms. The number of aromatic nitrogens is 1. The number of ether oxygens (including phenoxy) is 1. The van der Waals surface area contributed by atoms with Crippen LogP contribution in [0.5, 0.6) is 0 Å². The van der Waals surface area contributed by atoms with Gasteiger partial charge >= 0.3 is 6.03 Å². The number of morpholine rings is 1. The average Bonchev–Trinajstić information content (AvgIpc) is 2.79. The largest absolute Gasteiger partial charge is 0.379 e. The summed E-state index contributed by atoms with van der Waals surface area (Å²) in [5, 5.41) is 4.80. The lowest BCUT2D eigenvalue weighted by atomic mass is 10.2. The lowest BCUT2D eigenvalue weighted by Gasteiger charge is -2.25. The Labute approximate surface area is 185 Å². The molecule has 9 nitrogen and oxygen atoms in total. The van der Waals surface area contributed by atoms with Crippen LogP contribution in [0.15, 0.2) is 58.6 Å². The number of hydrogen-bond donors (Lipinski definition) is 2. The van der Waals surface area contributed by atoms with Gasteiger partial charge in [0.1, 0.15) is 4.90 Å². The van der Waals surface area contributed by atoms with Crippen molar-refractivity contribution in [3.63, 3.8) is 0 Å². The standard InChI is InChI=1S/C20H24N4O5S2/c1-15(19(25)23-20(26)22-13-16-5-3-2-4-6-16)30-18-8-7-17(14-21-18)31(27,28)24-9-11-29-12-10-24/h2-8,14-15H,9-13H2,1H3,(H2,22,23,25,26). The fourth-order valence-electron chi connectivity index (χ4n) is 2.80. The van der Waals surface area contributed by atoms with Gasteiger partial charge in [0.25, 0.3) is 0 Å². The molecule has 11 heteroatoms. The molecule has 1 unspecified atom stereocenters. The topological polar surface area (TPSA) is 118 Å². The van der Waals surface area contributed by atoms with E-state index in [4.69, 9.17) is 4.74 Å². The van der Waals surface area contributed by atoms with E-state index in [0.717, 1.165) is 17.3 Å². The highest BCUT2D eigenvalue weighted by molar-refractivity contribution is 8.00. The highest BCUT2D eigenvalue weighted by Crippen LogP contribution is 2.23. The summed E-state index contributed by atoms with van der Waals surface area (Å²) in [5.74, 6) is -0.470. The van der Waals surface area contributed by atoms with Gasteiger partial charge in [-0.1, -0.05) is 42.1 Å². The van der Waals surface area contributed by atoms with E-state index in [1.807, 2.05) is 30.3 Å². The third-order valence-corrected chi connectivity index (χ3v) is 7.45. The van der Waals surface area contributed by atoms with Crippen molar-refractivity contribution in [3.05, 3.63) is 54.2 Å². The zero-order valence-corrected chi connectivity index (χ0v) is 18.6. The second-order valence-corrected chi connectivity index (χ2v) is 10.1. The minimum atomic E-state index is -3.62. The lowest BCUT2D eigenvalue weighted by molar-refractivity contribution is -0.119. The molecule has 3 amide bonds. The van der Waals surface area contributed by atoms with Crippen molar-refractivity contribution in [2.45, 2.75) is 28.6 Å². The van der Waals surface area contributed by atoms with Crippen LogP contribution in [0, 0.1) is 0 Å². The first-order valence-electron chi connectivity index (χ1n) is 9.69. The van der Waals surface area contributed by atoms with Crippen LogP contribution in [-0.2, 0) is 26.1 Å². The zero-order chi connectivity index (χ0) is 22.3. The van der Waals surface area contributed by atoms with Gasteiger partial charge in [-0.15, -0.1) is 0 Å². The Bertz CT molecular complexity index is 994.